The Kier molecular flexibility index (Phi) is 5.55. The topological polar surface area (TPSA) is 92.5 Å². The van der Waals surface area contributed by atoms with Crippen LogP contribution in [0.25, 0.3) is 28.2 Å². The first-order valence-electron chi connectivity index (χ1n) is 10.7. The van der Waals surface area contributed by atoms with Gasteiger partial charge in [-0.05, 0) is 36.1 Å². The van der Waals surface area contributed by atoms with Gasteiger partial charge in [0, 0.05) is 25.3 Å². The molecule has 0 aliphatic carbocycles. The van der Waals surface area contributed by atoms with Crippen LogP contribution in [-0.2, 0) is 10.0 Å². The van der Waals surface area contributed by atoms with Gasteiger partial charge in [-0.1, -0.05) is 30.3 Å². The summed E-state index contributed by atoms with van der Waals surface area (Å²) in [4.78, 5) is 12.9. The number of hydrogen-bond donors (Lipinski definition) is 1. The van der Waals surface area contributed by atoms with E-state index in [1.54, 1.807) is 6.20 Å². The van der Waals surface area contributed by atoms with Crippen molar-refractivity contribution in [2.24, 2.45) is 0 Å². The van der Waals surface area contributed by atoms with Gasteiger partial charge in [-0.15, -0.1) is 0 Å². The zero-order valence-electron chi connectivity index (χ0n) is 18.0. The van der Waals surface area contributed by atoms with Gasteiger partial charge in [0.05, 0.1) is 24.3 Å². The van der Waals surface area contributed by atoms with Crippen LogP contribution in [0.2, 0.25) is 0 Å². The number of hydrogen-bond acceptors (Lipinski definition) is 6. The molecule has 8 nitrogen and oxygen atoms in total. The number of imidazole rings is 1. The van der Waals surface area contributed by atoms with E-state index in [9.17, 15) is 12.8 Å². The number of benzene rings is 1. The molecule has 1 aliphatic heterocycles. The van der Waals surface area contributed by atoms with Crippen LogP contribution in [0.4, 0.5) is 10.3 Å². The quantitative estimate of drug-likeness (QED) is 0.485. The second-order valence-electron chi connectivity index (χ2n) is 8.13. The van der Waals surface area contributed by atoms with E-state index in [-0.39, 0.29) is 11.7 Å². The van der Waals surface area contributed by atoms with Crippen LogP contribution in [0.5, 0.6) is 0 Å². The van der Waals surface area contributed by atoms with Crippen molar-refractivity contribution in [3.05, 3.63) is 66.9 Å². The van der Waals surface area contributed by atoms with Crippen LogP contribution >= 0.6 is 0 Å². The van der Waals surface area contributed by atoms with Crippen LogP contribution in [0.15, 0.2) is 61.1 Å². The van der Waals surface area contributed by atoms with Gasteiger partial charge in [0.25, 0.3) is 0 Å². The predicted octanol–water partition coefficient (Wildman–Crippen LogP) is 3.43. The third-order valence-electron chi connectivity index (χ3n) is 5.86. The Morgan fingerprint density at radius 1 is 1.00 bits per heavy atom. The lowest BCUT2D eigenvalue weighted by atomic mass is 10.1. The van der Waals surface area contributed by atoms with E-state index < -0.39 is 15.8 Å². The van der Waals surface area contributed by atoms with E-state index in [1.165, 1.54) is 10.6 Å². The maximum Gasteiger partial charge on any atom is 0.223 e. The van der Waals surface area contributed by atoms with Crippen molar-refractivity contribution in [1.29, 1.82) is 0 Å². The summed E-state index contributed by atoms with van der Waals surface area (Å²) >= 11 is 0. The highest BCUT2D eigenvalue weighted by atomic mass is 32.2. The molecule has 0 amide bonds. The number of aromatic nitrogens is 4. The third-order valence-corrected chi connectivity index (χ3v) is 7.16. The molecule has 0 atom stereocenters. The minimum Gasteiger partial charge on any atom is -0.351 e. The van der Waals surface area contributed by atoms with Gasteiger partial charge in [0.15, 0.2) is 5.82 Å². The highest BCUT2D eigenvalue weighted by Crippen LogP contribution is 2.26. The van der Waals surface area contributed by atoms with Crippen LogP contribution in [0, 0.1) is 5.82 Å². The van der Waals surface area contributed by atoms with Crippen LogP contribution < -0.4 is 5.32 Å². The van der Waals surface area contributed by atoms with Crippen molar-refractivity contribution < 1.29 is 12.8 Å². The molecule has 4 aromatic rings. The van der Waals surface area contributed by atoms with Gasteiger partial charge in [-0.25, -0.2) is 32.1 Å². The molecular formula is C23H23FN6O2S. The fourth-order valence-corrected chi connectivity index (χ4v) is 4.96. The van der Waals surface area contributed by atoms with E-state index in [2.05, 4.69) is 20.3 Å². The highest BCUT2D eigenvalue weighted by molar-refractivity contribution is 7.88. The fourth-order valence-electron chi connectivity index (χ4n) is 4.09. The highest BCUT2D eigenvalue weighted by Gasteiger charge is 2.25. The second-order valence-corrected chi connectivity index (χ2v) is 10.1. The Bertz CT molecular complexity index is 1400. The minimum atomic E-state index is -3.19. The third kappa shape index (κ3) is 4.44. The van der Waals surface area contributed by atoms with Gasteiger partial charge >= 0.3 is 0 Å². The van der Waals surface area contributed by atoms with Crippen molar-refractivity contribution in [3.63, 3.8) is 0 Å². The molecule has 10 heteroatoms. The standard InChI is InChI=1S/C23H23FN6O2S/c1-33(31,32)29-11-9-18(10-12-29)27-23-26-13-19(24)22(28-23)20-14-25-21-8-7-17(15-30(20)21)16-5-3-2-4-6-16/h2-8,13-15,18H,9-12H2,1H3,(H,26,27,28). The number of sulfonamides is 1. The van der Waals surface area contributed by atoms with Gasteiger partial charge in [0.1, 0.15) is 11.3 Å². The first-order valence-corrected chi connectivity index (χ1v) is 12.5. The molecule has 5 rings (SSSR count). The van der Waals surface area contributed by atoms with Crippen molar-refractivity contribution in [3.8, 4) is 22.5 Å². The molecule has 1 fully saturated rings. The monoisotopic (exact) mass is 466 g/mol. The van der Waals surface area contributed by atoms with Gasteiger partial charge in [-0.2, -0.15) is 0 Å². The van der Waals surface area contributed by atoms with Gasteiger partial charge in [-0.3, -0.25) is 4.40 Å². The van der Waals surface area contributed by atoms with Crippen LogP contribution in [0.1, 0.15) is 12.8 Å². The molecule has 170 valence electrons. The van der Waals surface area contributed by atoms with Crippen molar-refractivity contribution >= 4 is 21.6 Å². The maximum atomic E-state index is 14.8. The number of rotatable bonds is 5. The molecule has 1 aliphatic rings. The minimum absolute atomic E-state index is 0.00757. The Hall–Kier alpha value is -3.37. The largest absolute Gasteiger partial charge is 0.351 e. The zero-order chi connectivity index (χ0) is 23.0. The molecule has 3 aromatic heterocycles. The molecule has 1 aromatic carbocycles. The summed E-state index contributed by atoms with van der Waals surface area (Å²) < 4.78 is 41.5. The number of fused-ring (bicyclic) bond motifs is 1. The number of nitrogens with zero attached hydrogens (tertiary/aromatic N) is 5. The molecule has 1 saturated heterocycles. The first-order chi connectivity index (χ1) is 15.9. The normalized spacial score (nSPS) is 15.7. The van der Waals surface area contributed by atoms with Crippen LogP contribution in [-0.4, -0.2) is 57.5 Å². The Labute approximate surface area is 191 Å². The Morgan fingerprint density at radius 2 is 1.76 bits per heavy atom. The van der Waals surface area contributed by atoms with Crippen molar-refractivity contribution in [2.45, 2.75) is 18.9 Å². The summed E-state index contributed by atoms with van der Waals surface area (Å²) in [5.74, 6) is -0.238. The maximum absolute atomic E-state index is 14.8. The van der Waals surface area contributed by atoms with Crippen LogP contribution in [0.3, 0.4) is 0 Å². The van der Waals surface area contributed by atoms with E-state index in [0.29, 0.717) is 43.2 Å². The van der Waals surface area contributed by atoms with Gasteiger partial charge in [0.2, 0.25) is 16.0 Å². The number of piperidine rings is 1. The fraction of sp³-hybridized carbons (Fsp3) is 0.261. The van der Waals surface area contributed by atoms with E-state index >= 15 is 0 Å². The first kappa shape index (κ1) is 21.5. The Balaban J connectivity index is 1.43. The van der Waals surface area contributed by atoms with E-state index in [0.717, 1.165) is 17.3 Å². The summed E-state index contributed by atoms with van der Waals surface area (Å²) in [7, 11) is -3.19. The summed E-state index contributed by atoms with van der Waals surface area (Å²) in [6.07, 6.45) is 7.14. The molecule has 0 spiro atoms. The number of nitrogens with one attached hydrogen (secondary N) is 1. The number of anilines is 1. The number of halogens is 1. The average molecular weight is 467 g/mol. The second kappa shape index (κ2) is 8.53. The predicted molar refractivity (Wildman–Crippen MR) is 125 cm³/mol. The summed E-state index contributed by atoms with van der Waals surface area (Å²) in [5, 5.41) is 3.23. The van der Waals surface area contributed by atoms with E-state index in [4.69, 9.17) is 0 Å². The van der Waals surface area contributed by atoms with Crippen molar-refractivity contribution in [1.82, 2.24) is 23.7 Å². The molecule has 0 unspecified atom stereocenters. The zero-order valence-corrected chi connectivity index (χ0v) is 18.8. The lowest BCUT2D eigenvalue weighted by Crippen LogP contribution is -2.42. The molecule has 1 N–H and O–H groups in total. The lowest BCUT2D eigenvalue weighted by Gasteiger charge is -2.30. The lowest BCUT2D eigenvalue weighted by molar-refractivity contribution is 0.331. The summed E-state index contributed by atoms with van der Waals surface area (Å²) in [6, 6.07) is 13.8. The smallest absolute Gasteiger partial charge is 0.223 e. The van der Waals surface area contributed by atoms with Gasteiger partial charge < -0.3 is 5.32 Å². The number of pyridine rings is 1. The SMILES string of the molecule is CS(=O)(=O)N1CCC(Nc2ncc(F)c(-c3cnc4ccc(-c5ccccc5)cn34)n2)CC1. The molecule has 4 heterocycles. The summed E-state index contributed by atoms with van der Waals surface area (Å²) in [5.41, 5.74) is 3.39. The summed E-state index contributed by atoms with van der Waals surface area (Å²) in [6.45, 7) is 0.861. The van der Waals surface area contributed by atoms with E-state index in [1.807, 2.05) is 53.1 Å². The molecule has 0 saturated carbocycles. The molecule has 0 bridgehead atoms. The molecular weight excluding hydrogens is 443 g/mol. The molecule has 0 radical (unpaired) electrons. The molecule has 33 heavy (non-hydrogen) atoms. The van der Waals surface area contributed by atoms with Crippen molar-refractivity contribution in [2.75, 3.05) is 24.7 Å². The average Bonchev–Trinajstić information content (AvgIpc) is 3.24. The Morgan fingerprint density at radius 3 is 2.48 bits per heavy atom.